The molecule has 96 valence electrons. The van der Waals surface area contributed by atoms with E-state index >= 15 is 0 Å². The van der Waals surface area contributed by atoms with Crippen molar-refractivity contribution in [2.75, 3.05) is 6.26 Å². The molecule has 1 aromatic carbocycles. The van der Waals surface area contributed by atoms with Gasteiger partial charge >= 0.3 is 0 Å². The summed E-state index contributed by atoms with van der Waals surface area (Å²) in [6.45, 7) is 7.52. The molecule has 17 heavy (non-hydrogen) atoms. The Labute approximate surface area is 112 Å². The Morgan fingerprint density at radius 2 is 1.76 bits per heavy atom. The number of hydrogen-bond donors (Lipinski definition) is 0. The van der Waals surface area contributed by atoms with E-state index in [1.807, 2.05) is 32.0 Å². The molecule has 0 amide bonds. The summed E-state index contributed by atoms with van der Waals surface area (Å²) in [7, 11) is -3.13. The molecule has 0 saturated heterocycles. The molecule has 0 saturated carbocycles. The largest absolute Gasteiger partial charge is 0.229 e. The fourth-order valence-corrected chi connectivity index (χ4v) is 3.61. The maximum absolute atomic E-state index is 11.8. The van der Waals surface area contributed by atoms with Gasteiger partial charge in [0, 0.05) is 6.26 Å². The van der Waals surface area contributed by atoms with Crippen molar-refractivity contribution >= 4 is 25.8 Å². The number of sulfone groups is 1. The van der Waals surface area contributed by atoms with Crippen molar-refractivity contribution in [3.05, 3.63) is 34.9 Å². The van der Waals surface area contributed by atoms with E-state index in [-0.39, 0.29) is 4.83 Å². The van der Waals surface area contributed by atoms with Crippen LogP contribution in [0.1, 0.15) is 35.4 Å². The highest BCUT2D eigenvalue weighted by Gasteiger charge is 2.38. The molecule has 1 aromatic rings. The van der Waals surface area contributed by atoms with Gasteiger partial charge in [-0.25, -0.2) is 8.42 Å². The molecule has 0 N–H and O–H groups in total. The van der Waals surface area contributed by atoms with Crippen LogP contribution in [0.2, 0.25) is 0 Å². The molecular formula is C13H19BrO2S. The zero-order valence-electron chi connectivity index (χ0n) is 10.9. The predicted octanol–water partition coefficient (Wildman–Crippen LogP) is 3.56. The van der Waals surface area contributed by atoms with E-state index in [2.05, 4.69) is 15.9 Å². The molecule has 0 aromatic heterocycles. The van der Waals surface area contributed by atoms with Crippen LogP contribution in [0.5, 0.6) is 0 Å². The summed E-state index contributed by atoms with van der Waals surface area (Å²) in [6.07, 6.45) is 1.28. The molecule has 1 rings (SSSR count). The molecule has 0 aliphatic carbocycles. The standard InChI is InChI=1S/C13H19BrO2S/c1-9-6-7-10(2)11(8-9)12(14)13(3,4)17(5,15)16/h6-8,12H,1-5H3. The molecule has 1 atom stereocenters. The normalized spacial score (nSPS) is 14.7. The van der Waals surface area contributed by atoms with E-state index < -0.39 is 14.6 Å². The summed E-state index contributed by atoms with van der Waals surface area (Å²) >= 11 is 3.55. The Morgan fingerprint density at radius 1 is 1.24 bits per heavy atom. The second kappa shape index (κ2) is 4.73. The summed E-state index contributed by atoms with van der Waals surface area (Å²) in [4.78, 5) is -0.204. The van der Waals surface area contributed by atoms with Gasteiger partial charge in [-0.1, -0.05) is 39.7 Å². The fourth-order valence-electron chi connectivity index (χ4n) is 1.60. The molecule has 0 aliphatic heterocycles. The lowest BCUT2D eigenvalue weighted by atomic mass is 9.96. The Bertz CT molecular complexity index is 518. The SMILES string of the molecule is Cc1ccc(C)c(C(Br)C(C)(C)S(C)(=O)=O)c1. The van der Waals surface area contributed by atoms with E-state index in [9.17, 15) is 8.42 Å². The second-order valence-electron chi connectivity index (χ2n) is 5.10. The molecule has 0 heterocycles. The van der Waals surface area contributed by atoms with Gasteiger partial charge in [-0.2, -0.15) is 0 Å². The fraction of sp³-hybridized carbons (Fsp3) is 0.538. The smallest absolute Gasteiger partial charge is 0.154 e. The first kappa shape index (κ1) is 14.7. The molecular weight excluding hydrogens is 300 g/mol. The van der Waals surface area contributed by atoms with Crippen LogP contribution < -0.4 is 0 Å². The van der Waals surface area contributed by atoms with Crippen LogP contribution in [0.25, 0.3) is 0 Å². The zero-order valence-corrected chi connectivity index (χ0v) is 13.3. The summed E-state index contributed by atoms with van der Waals surface area (Å²) in [5.74, 6) is 0. The van der Waals surface area contributed by atoms with E-state index in [1.54, 1.807) is 13.8 Å². The van der Waals surface area contributed by atoms with Gasteiger partial charge in [0.25, 0.3) is 0 Å². The van der Waals surface area contributed by atoms with Crippen LogP contribution in [0.15, 0.2) is 18.2 Å². The van der Waals surface area contributed by atoms with Gasteiger partial charge in [-0.3, -0.25) is 0 Å². The van der Waals surface area contributed by atoms with E-state index in [1.165, 1.54) is 6.26 Å². The summed E-state index contributed by atoms with van der Waals surface area (Å²) < 4.78 is 22.8. The average Bonchev–Trinajstić information content (AvgIpc) is 2.19. The Morgan fingerprint density at radius 3 is 2.24 bits per heavy atom. The van der Waals surface area contributed by atoms with Crippen LogP contribution in [-0.4, -0.2) is 19.4 Å². The van der Waals surface area contributed by atoms with Crippen LogP contribution in [0, 0.1) is 13.8 Å². The molecule has 0 radical (unpaired) electrons. The van der Waals surface area contributed by atoms with Crippen LogP contribution in [-0.2, 0) is 9.84 Å². The van der Waals surface area contributed by atoms with Gasteiger partial charge in [-0.15, -0.1) is 0 Å². The van der Waals surface area contributed by atoms with Crippen molar-refractivity contribution in [3.8, 4) is 0 Å². The quantitative estimate of drug-likeness (QED) is 0.798. The lowest BCUT2D eigenvalue weighted by Gasteiger charge is -2.30. The molecule has 0 bridgehead atoms. The monoisotopic (exact) mass is 318 g/mol. The number of hydrogen-bond acceptors (Lipinski definition) is 2. The highest BCUT2D eigenvalue weighted by Crippen LogP contribution is 2.40. The van der Waals surface area contributed by atoms with E-state index in [4.69, 9.17) is 0 Å². The average molecular weight is 319 g/mol. The topological polar surface area (TPSA) is 34.1 Å². The number of aryl methyl sites for hydroxylation is 2. The van der Waals surface area contributed by atoms with Crippen molar-refractivity contribution in [2.45, 2.75) is 37.3 Å². The summed E-state index contributed by atoms with van der Waals surface area (Å²) in [5.41, 5.74) is 3.29. The van der Waals surface area contributed by atoms with E-state index in [0.717, 1.165) is 16.7 Å². The van der Waals surface area contributed by atoms with Gasteiger partial charge in [0.05, 0.1) is 9.57 Å². The number of rotatable bonds is 3. The molecule has 0 aliphatic rings. The predicted molar refractivity (Wildman–Crippen MR) is 76.5 cm³/mol. The molecule has 1 unspecified atom stereocenters. The highest BCUT2D eigenvalue weighted by molar-refractivity contribution is 9.09. The number of halogens is 1. The first-order valence-electron chi connectivity index (χ1n) is 5.48. The first-order valence-corrected chi connectivity index (χ1v) is 8.29. The number of benzene rings is 1. The number of alkyl halides is 1. The van der Waals surface area contributed by atoms with Gasteiger partial charge in [0.2, 0.25) is 0 Å². The van der Waals surface area contributed by atoms with E-state index in [0.29, 0.717) is 0 Å². The van der Waals surface area contributed by atoms with Gasteiger partial charge in [0.15, 0.2) is 9.84 Å². The van der Waals surface area contributed by atoms with Gasteiger partial charge in [-0.05, 0) is 38.8 Å². The van der Waals surface area contributed by atoms with Gasteiger partial charge < -0.3 is 0 Å². The molecule has 0 fully saturated rings. The lowest BCUT2D eigenvalue weighted by Crippen LogP contribution is -2.35. The van der Waals surface area contributed by atoms with Crippen LogP contribution >= 0.6 is 15.9 Å². The Hall–Kier alpha value is -0.350. The third kappa shape index (κ3) is 2.91. The van der Waals surface area contributed by atoms with Crippen molar-refractivity contribution in [1.29, 1.82) is 0 Å². The Kier molecular flexibility index (Phi) is 4.09. The van der Waals surface area contributed by atoms with Crippen molar-refractivity contribution < 1.29 is 8.42 Å². The molecule has 2 nitrogen and oxygen atoms in total. The lowest BCUT2D eigenvalue weighted by molar-refractivity contribution is 0.548. The minimum atomic E-state index is -3.13. The first-order chi connectivity index (χ1) is 7.57. The minimum Gasteiger partial charge on any atom is -0.229 e. The third-order valence-corrected chi connectivity index (χ3v) is 7.36. The summed E-state index contributed by atoms with van der Waals surface area (Å²) in [6, 6.07) is 6.10. The van der Waals surface area contributed by atoms with Crippen molar-refractivity contribution in [3.63, 3.8) is 0 Å². The minimum absolute atomic E-state index is 0.204. The third-order valence-electron chi connectivity index (χ3n) is 3.27. The van der Waals surface area contributed by atoms with Crippen LogP contribution in [0.3, 0.4) is 0 Å². The molecule has 0 spiro atoms. The van der Waals surface area contributed by atoms with Gasteiger partial charge in [0.1, 0.15) is 0 Å². The summed E-state index contributed by atoms with van der Waals surface area (Å²) in [5, 5.41) is 0. The zero-order chi connectivity index (χ0) is 13.4. The maximum atomic E-state index is 11.8. The van der Waals surface area contributed by atoms with Crippen LogP contribution in [0.4, 0.5) is 0 Å². The maximum Gasteiger partial charge on any atom is 0.154 e. The highest BCUT2D eigenvalue weighted by atomic mass is 79.9. The molecule has 4 heteroatoms. The Balaban J connectivity index is 3.30. The van der Waals surface area contributed by atoms with Crippen molar-refractivity contribution in [2.24, 2.45) is 0 Å². The second-order valence-corrected chi connectivity index (χ2v) is 8.61. The van der Waals surface area contributed by atoms with Crippen molar-refractivity contribution in [1.82, 2.24) is 0 Å².